The molecule has 160 valence electrons. The van der Waals surface area contributed by atoms with Gasteiger partial charge >= 0.3 is 0 Å². The molecule has 2 heterocycles. The summed E-state index contributed by atoms with van der Waals surface area (Å²) in [6.07, 6.45) is 0.971. The first-order chi connectivity index (χ1) is 14.9. The molecule has 0 radical (unpaired) electrons. The Morgan fingerprint density at radius 3 is 2.58 bits per heavy atom. The van der Waals surface area contributed by atoms with Crippen molar-refractivity contribution in [3.05, 3.63) is 96.7 Å². The monoisotopic (exact) mass is 455 g/mol. The number of hydrogen-bond acceptors (Lipinski definition) is 5. The molecule has 2 atom stereocenters. The van der Waals surface area contributed by atoms with E-state index in [4.69, 9.17) is 11.6 Å². The Bertz CT molecular complexity index is 1080. The number of nitrogens with zero attached hydrogens (tertiary/aromatic N) is 2. The Hall–Kier alpha value is -2.74. The van der Waals surface area contributed by atoms with E-state index >= 15 is 0 Å². The summed E-state index contributed by atoms with van der Waals surface area (Å²) >= 11 is 7.86. The number of fused-ring (bicyclic) bond motifs is 1. The molecule has 3 aromatic rings. The standard InChI is InChI=1S/C23H22ClN3O3S/c1-15-14-18-10-13-31-22(18)21(16-2-6-19(24)7-3-16)26(15)12-11-25-23(28)17-4-8-20(9-5-17)27(29)30/h2-10,13,15,21H,11-12,14H2,1H3,(H,25,28)/t15-,21-/m0/s1. The number of nitro benzene ring substituents is 1. The number of nitro groups is 1. The summed E-state index contributed by atoms with van der Waals surface area (Å²) in [6.45, 7) is 3.37. The molecule has 8 heteroatoms. The van der Waals surface area contributed by atoms with Crippen LogP contribution in [0, 0.1) is 10.1 Å². The van der Waals surface area contributed by atoms with Crippen LogP contribution in [0.25, 0.3) is 0 Å². The zero-order valence-corrected chi connectivity index (χ0v) is 18.5. The van der Waals surface area contributed by atoms with Gasteiger partial charge in [0.25, 0.3) is 11.6 Å². The average molecular weight is 456 g/mol. The molecule has 0 bridgehead atoms. The van der Waals surface area contributed by atoms with Crippen molar-refractivity contribution in [3.63, 3.8) is 0 Å². The fourth-order valence-electron chi connectivity index (χ4n) is 4.07. The van der Waals surface area contributed by atoms with Gasteiger partial charge in [-0.05, 0) is 60.2 Å². The number of carbonyl (C=O) groups is 1. The van der Waals surface area contributed by atoms with Crippen molar-refractivity contribution in [1.82, 2.24) is 10.2 Å². The average Bonchev–Trinajstić information content (AvgIpc) is 3.22. The summed E-state index contributed by atoms with van der Waals surface area (Å²) in [4.78, 5) is 26.5. The quantitative estimate of drug-likeness (QED) is 0.415. The largest absolute Gasteiger partial charge is 0.351 e. The number of non-ortho nitro benzene ring substituents is 1. The van der Waals surface area contributed by atoms with Crippen molar-refractivity contribution in [3.8, 4) is 0 Å². The number of thiophene rings is 1. The lowest BCUT2D eigenvalue weighted by Crippen LogP contribution is -2.45. The molecule has 4 rings (SSSR count). The van der Waals surface area contributed by atoms with Crippen LogP contribution in [0.3, 0.4) is 0 Å². The van der Waals surface area contributed by atoms with Crippen LogP contribution in [0.1, 0.15) is 39.3 Å². The first-order valence-electron chi connectivity index (χ1n) is 10.0. The molecular weight excluding hydrogens is 434 g/mol. The summed E-state index contributed by atoms with van der Waals surface area (Å²) in [5.41, 5.74) is 2.94. The van der Waals surface area contributed by atoms with E-state index in [2.05, 4.69) is 40.7 Å². The van der Waals surface area contributed by atoms with Crippen molar-refractivity contribution >= 4 is 34.5 Å². The Labute approximate surface area is 189 Å². The summed E-state index contributed by atoms with van der Waals surface area (Å²) in [5, 5.41) is 16.6. The molecule has 0 saturated carbocycles. The van der Waals surface area contributed by atoms with Crippen LogP contribution in [-0.4, -0.2) is 34.9 Å². The number of benzene rings is 2. The molecule has 0 spiro atoms. The zero-order chi connectivity index (χ0) is 22.0. The second-order valence-electron chi connectivity index (χ2n) is 7.62. The van der Waals surface area contributed by atoms with Crippen LogP contribution < -0.4 is 5.32 Å². The molecule has 31 heavy (non-hydrogen) atoms. The number of carbonyl (C=O) groups excluding carboxylic acids is 1. The van der Waals surface area contributed by atoms with Crippen molar-refractivity contribution in [2.45, 2.75) is 25.4 Å². The maximum atomic E-state index is 12.5. The van der Waals surface area contributed by atoms with E-state index in [1.807, 2.05) is 12.1 Å². The lowest BCUT2D eigenvalue weighted by Gasteiger charge is -2.41. The summed E-state index contributed by atoms with van der Waals surface area (Å²) in [6, 6.07) is 16.2. The lowest BCUT2D eigenvalue weighted by atomic mass is 9.91. The van der Waals surface area contributed by atoms with Gasteiger partial charge in [0.05, 0.1) is 11.0 Å². The van der Waals surface area contributed by atoms with Gasteiger partial charge in [0.2, 0.25) is 0 Å². The van der Waals surface area contributed by atoms with Gasteiger partial charge in [-0.1, -0.05) is 23.7 Å². The van der Waals surface area contributed by atoms with E-state index in [0.29, 0.717) is 29.7 Å². The van der Waals surface area contributed by atoms with Crippen molar-refractivity contribution < 1.29 is 9.72 Å². The summed E-state index contributed by atoms with van der Waals surface area (Å²) in [7, 11) is 0. The van der Waals surface area contributed by atoms with E-state index in [-0.39, 0.29) is 17.6 Å². The highest BCUT2D eigenvalue weighted by Gasteiger charge is 2.33. The first-order valence-corrected chi connectivity index (χ1v) is 11.3. The topological polar surface area (TPSA) is 75.5 Å². The van der Waals surface area contributed by atoms with Gasteiger partial charge in [0, 0.05) is 46.7 Å². The number of rotatable bonds is 6. The second kappa shape index (κ2) is 9.18. The van der Waals surface area contributed by atoms with Gasteiger partial charge in [-0.2, -0.15) is 0 Å². The van der Waals surface area contributed by atoms with Crippen molar-refractivity contribution in [1.29, 1.82) is 0 Å². The van der Waals surface area contributed by atoms with Gasteiger partial charge in [-0.3, -0.25) is 19.8 Å². The van der Waals surface area contributed by atoms with Crippen LogP contribution in [0.2, 0.25) is 5.02 Å². The lowest BCUT2D eigenvalue weighted by molar-refractivity contribution is -0.384. The van der Waals surface area contributed by atoms with Gasteiger partial charge in [0.1, 0.15) is 0 Å². The third kappa shape index (κ3) is 4.63. The maximum Gasteiger partial charge on any atom is 0.269 e. The minimum atomic E-state index is -0.477. The Morgan fingerprint density at radius 1 is 1.19 bits per heavy atom. The second-order valence-corrected chi connectivity index (χ2v) is 9.00. The Kier molecular flexibility index (Phi) is 6.36. The number of hydrogen-bond donors (Lipinski definition) is 1. The fraction of sp³-hybridized carbons (Fsp3) is 0.261. The molecule has 1 aliphatic heterocycles. The van der Waals surface area contributed by atoms with E-state index in [1.165, 1.54) is 40.3 Å². The summed E-state index contributed by atoms with van der Waals surface area (Å²) < 4.78 is 0. The SMILES string of the molecule is C[C@H]1Cc2ccsc2[C@H](c2ccc(Cl)cc2)N1CCNC(=O)c1ccc([N+](=O)[O-])cc1. The van der Waals surface area contributed by atoms with Crippen LogP contribution >= 0.6 is 22.9 Å². The number of nitrogens with one attached hydrogen (secondary N) is 1. The van der Waals surface area contributed by atoms with E-state index in [1.54, 1.807) is 11.3 Å². The van der Waals surface area contributed by atoms with Crippen LogP contribution in [-0.2, 0) is 6.42 Å². The molecule has 1 aliphatic rings. The normalized spacial score (nSPS) is 18.4. The fourth-order valence-corrected chi connectivity index (χ4v) is 5.28. The Balaban J connectivity index is 1.47. The number of amides is 1. The predicted molar refractivity (Wildman–Crippen MR) is 123 cm³/mol. The highest BCUT2D eigenvalue weighted by Crippen LogP contribution is 2.40. The third-order valence-electron chi connectivity index (χ3n) is 5.62. The molecule has 0 unspecified atom stereocenters. The third-order valence-corrected chi connectivity index (χ3v) is 6.89. The molecule has 0 saturated heterocycles. The minimum Gasteiger partial charge on any atom is -0.351 e. The van der Waals surface area contributed by atoms with Crippen LogP contribution in [0.5, 0.6) is 0 Å². The smallest absolute Gasteiger partial charge is 0.269 e. The van der Waals surface area contributed by atoms with Gasteiger partial charge < -0.3 is 5.32 Å². The van der Waals surface area contributed by atoms with Gasteiger partial charge in [0.15, 0.2) is 0 Å². The van der Waals surface area contributed by atoms with E-state index in [0.717, 1.165) is 6.42 Å². The number of halogens is 1. The van der Waals surface area contributed by atoms with Crippen LogP contribution in [0.15, 0.2) is 60.0 Å². The van der Waals surface area contributed by atoms with Crippen molar-refractivity contribution in [2.75, 3.05) is 13.1 Å². The maximum absolute atomic E-state index is 12.5. The molecule has 1 N–H and O–H groups in total. The molecule has 1 aromatic heterocycles. The molecular formula is C23H22ClN3O3S. The van der Waals surface area contributed by atoms with Gasteiger partial charge in [-0.15, -0.1) is 11.3 Å². The van der Waals surface area contributed by atoms with Crippen molar-refractivity contribution in [2.24, 2.45) is 0 Å². The molecule has 0 aliphatic carbocycles. The predicted octanol–water partition coefficient (Wildman–Crippen LogP) is 5.08. The van der Waals surface area contributed by atoms with Crippen LogP contribution in [0.4, 0.5) is 5.69 Å². The molecule has 0 fully saturated rings. The molecule has 6 nitrogen and oxygen atoms in total. The van der Waals surface area contributed by atoms with E-state index in [9.17, 15) is 14.9 Å². The summed E-state index contributed by atoms with van der Waals surface area (Å²) in [5.74, 6) is -0.237. The first kappa shape index (κ1) is 21.5. The van der Waals surface area contributed by atoms with E-state index < -0.39 is 4.92 Å². The highest BCUT2D eigenvalue weighted by molar-refractivity contribution is 7.10. The molecule has 1 amide bonds. The van der Waals surface area contributed by atoms with Gasteiger partial charge in [-0.25, -0.2) is 0 Å². The highest BCUT2D eigenvalue weighted by atomic mass is 35.5. The molecule has 2 aromatic carbocycles. The zero-order valence-electron chi connectivity index (χ0n) is 17.0. The Morgan fingerprint density at radius 2 is 1.90 bits per heavy atom. The minimum absolute atomic E-state index is 0.0313.